The second kappa shape index (κ2) is 4.79. The van der Waals surface area contributed by atoms with Gasteiger partial charge in [-0.2, -0.15) is 0 Å². The van der Waals surface area contributed by atoms with E-state index >= 15 is 0 Å². The number of hydrogen-bond donors (Lipinski definition) is 2. The number of amides is 1. The standard InChI is InChI=1S/C9H5Cl2FN4O2/c10-4-1-3(12)2-5(11)6(4)14-9(17)7-8(13)16-18-15-7/h1-2H,(H2,13,16)(H,14,17). The number of aromatic nitrogens is 2. The van der Waals surface area contributed by atoms with E-state index in [0.29, 0.717) is 0 Å². The maximum Gasteiger partial charge on any atom is 0.281 e. The van der Waals surface area contributed by atoms with E-state index in [0.717, 1.165) is 12.1 Å². The Labute approximate surface area is 110 Å². The number of benzene rings is 1. The summed E-state index contributed by atoms with van der Waals surface area (Å²) in [7, 11) is 0. The molecule has 2 aromatic rings. The summed E-state index contributed by atoms with van der Waals surface area (Å²) in [6.07, 6.45) is 0. The number of nitrogens with one attached hydrogen (secondary N) is 1. The van der Waals surface area contributed by atoms with Crippen LogP contribution in [0.5, 0.6) is 0 Å². The molecule has 0 saturated carbocycles. The minimum absolute atomic E-state index is 0.0483. The molecule has 1 heterocycles. The van der Waals surface area contributed by atoms with Crippen molar-refractivity contribution in [1.82, 2.24) is 10.3 Å². The predicted octanol–water partition coefficient (Wildman–Crippen LogP) is 2.35. The number of nitrogens with zero attached hydrogens (tertiary/aromatic N) is 2. The van der Waals surface area contributed by atoms with E-state index in [1.807, 2.05) is 0 Å². The van der Waals surface area contributed by atoms with Gasteiger partial charge < -0.3 is 11.1 Å². The fourth-order valence-electron chi connectivity index (χ4n) is 1.19. The minimum Gasteiger partial charge on any atom is -0.379 e. The Kier molecular flexibility index (Phi) is 3.35. The van der Waals surface area contributed by atoms with Crippen LogP contribution in [0.2, 0.25) is 10.0 Å². The van der Waals surface area contributed by atoms with Crippen molar-refractivity contribution in [3.63, 3.8) is 0 Å². The molecule has 1 aromatic carbocycles. The Hall–Kier alpha value is -1.86. The van der Waals surface area contributed by atoms with Crippen molar-refractivity contribution in [2.24, 2.45) is 0 Å². The van der Waals surface area contributed by atoms with Gasteiger partial charge in [-0.15, -0.1) is 0 Å². The second-order valence-electron chi connectivity index (χ2n) is 3.20. The highest BCUT2D eigenvalue weighted by Crippen LogP contribution is 2.31. The van der Waals surface area contributed by atoms with Crippen LogP contribution in [-0.4, -0.2) is 16.2 Å². The molecule has 94 valence electrons. The lowest BCUT2D eigenvalue weighted by atomic mass is 10.3. The zero-order valence-corrected chi connectivity index (χ0v) is 10.1. The smallest absolute Gasteiger partial charge is 0.281 e. The van der Waals surface area contributed by atoms with Crippen LogP contribution in [0.3, 0.4) is 0 Å². The summed E-state index contributed by atoms with van der Waals surface area (Å²) in [5.41, 5.74) is 5.17. The van der Waals surface area contributed by atoms with E-state index < -0.39 is 11.7 Å². The van der Waals surface area contributed by atoms with Crippen molar-refractivity contribution >= 4 is 40.6 Å². The second-order valence-corrected chi connectivity index (χ2v) is 4.01. The van der Waals surface area contributed by atoms with Gasteiger partial charge in [0.05, 0.1) is 15.7 Å². The largest absolute Gasteiger partial charge is 0.379 e. The van der Waals surface area contributed by atoms with Gasteiger partial charge in [0.15, 0.2) is 0 Å². The summed E-state index contributed by atoms with van der Waals surface area (Å²) in [5.74, 6) is -1.52. The van der Waals surface area contributed by atoms with Crippen molar-refractivity contribution in [3.05, 3.63) is 33.7 Å². The minimum atomic E-state index is -0.718. The fourth-order valence-corrected chi connectivity index (χ4v) is 1.74. The van der Waals surface area contributed by atoms with Crippen LogP contribution >= 0.6 is 23.2 Å². The number of rotatable bonds is 2. The Bertz CT molecular complexity index is 593. The first-order chi connectivity index (χ1) is 8.49. The van der Waals surface area contributed by atoms with Gasteiger partial charge in [0.25, 0.3) is 5.91 Å². The third-order valence-electron chi connectivity index (χ3n) is 1.97. The molecule has 0 saturated heterocycles. The summed E-state index contributed by atoms with van der Waals surface area (Å²) in [6, 6.07) is 2.01. The summed E-state index contributed by atoms with van der Waals surface area (Å²) in [4.78, 5) is 11.7. The molecule has 0 aliphatic rings. The number of carbonyl (C=O) groups is 1. The summed E-state index contributed by atoms with van der Waals surface area (Å²) in [6.45, 7) is 0. The van der Waals surface area contributed by atoms with Crippen molar-refractivity contribution in [1.29, 1.82) is 0 Å². The highest BCUT2D eigenvalue weighted by Gasteiger charge is 2.19. The van der Waals surface area contributed by atoms with Crippen LogP contribution in [0.1, 0.15) is 10.5 Å². The topological polar surface area (TPSA) is 94.0 Å². The molecule has 3 N–H and O–H groups in total. The molecule has 6 nitrogen and oxygen atoms in total. The Morgan fingerprint density at radius 3 is 2.44 bits per heavy atom. The van der Waals surface area contributed by atoms with Gasteiger partial charge in [0, 0.05) is 0 Å². The van der Waals surface area contributed by atoms with Crippen LogP contribution in [0, 0.1) is 5.82 Å². The van der Waals surface area contributed by atoms with Gasteiger partial charge in [-0.25, -0.2) is 9.02 Å². The fraction of sp³-hybridized carbons (Fsp3) is 0. The first-order valence-corrected chi connectivity index (χ1v) is 5.28. The maximum atomic E-state index is 12.9. The van der Waals surface area contributed by atoms with E-state index in [4.69, 9.17) is 28.9 Å². The van der Waals surface area contributed by atoms with Gasteiger partial charge in [0.2, 0.25) is 11.5 Å². The summed E-state index contributed by atoms with van der Waals surface area (Å²) in [5, 5.41) is 8.78. The van der Waals surface area contributed by atoms with Crippen molar-refractivity contribution in [2.75, 3.05) is 11.1 Å². The van der Waals surface area contributed by atoms with Gasteiger partial charge in [-0.05, 0) is 22.4 Å². The highest BCUT2D eigenvalue weighted by atomic mass is 35.5. The third kappa shape index (κ3) is 2.36. The Balaban J connectivity index is 2.31. The zero-order chi connectivity index (χ0) is 13.3. The van der Waals surface area contributed by atoms with E-state index in [1.165, 1.54) is 0 Å². The van der Waals surface area contributed by atoms with E-state index in [2.05, 4.69) is 20.3 Å². The molecule has 0 aliphatic heterocycles. The van der Waals surface area contributed by atoms with Crippen LogP contribution < -0.4 is 11.1 Å². The molecular formula is C9H5Cl2FN4O2. The Morgan fingerprint density at radius 1 is 1.33 bits per heavy atom. The quantitative estimate of drug-likeness (QED) is 0.885. The van der Waals surface area contributed by atoms with Crippen molar-refractivity contribution < 1.29 is 13.8 Å². The van der Waals surface area contributed by atoms with Crippen molar-refractivity contribution in [3.8, 4) is 0 Å². The van der Waals surface area contributed by atoms with Crippen LogP contribution in [-0.2, 0) is 0 Å². The molecule has 0 bridgehead atoms. The number of hydrogen-bond acceptors (Lipinski definition) is 5. The number of anilines is 2. The lowest BCUT2D eigenvalue weighted by molar-refractivity contribution is 0.101. The molecule has 0 unspecified atom stereocenters. The van der Waals surface area contributed by atoms with Crippen LogP contribution in [0.15, 0.2) is 16.8 Å². The van der Waals surface area contributed by atoms with Gasteiger partial charge >= 0.3 is 0 Å². The SMILES string of the molecule is Nc1nonc1C(=O)Nc1c(Cl)cc(F)cc1Cl. The molecule has 9 heteroatoms. The molecule has 2 rings (SSSR count). The van der Waals surface area contributed by atoms with E-state index in [9.17, 15) is 9.18 Å². The molecule has 1 aromatic heterocycles. The summed E-state index contributed by atoms with van der Waals surface area (Å²) >= 11 is 11.5. The van der Waals surface area contributed by atoms with Gasteiger partial charge in [-0.1, -0.05) is 23.2 Å². The number of nitrogen functional groups attached to an aromatic ring is 1. The molecular weight excluding hydrogens is 286 g/mol. The number of nitrogens with two attached hydrogens (primary N) is 1. The molecule has 18 heavy (non-hydrogen) atoms. The molecule has 0 spiro atoms. The molecule has 0 aliphatic carbocycles. The zero-order valence-electron chi connectivity index (χ0n) is 8.58. The summed E-state index contributed by atoms with van der Waals surface area (Å²) < 4.78 is 17.2. The molecule has 0 radical (unpaired) electrons. The highest BCUT2D eigenvalue weighted by molar-refractivity contribution is 6.40. The number of halogens is 3. The molecule has 0 atom stereocenters. The first kappa shape index (κ1) is 12.6. The normalized spacial score (nSPS) is 10.4. The molecule has 0 fully saturated rings. The monoisotopic (exact) mass is 290 g/mol. The average Bonchev–Trinajstić information content (AvgIpc) is 2.69. The van der Waals surface area contributed by atoms with E-state index in [-0.39, 0.29) is 27.2 Å². The first-order valence-electron chi connectivity index (χ1n) is 4.53. The van der Waals surface area contributed by atoms with Gasteiger partial charge in [-0.3, -0.25) is 4.79 Å². The van der Waals surface area contributed by atoms with Crippen LogP contribution in [0.4, 0.5) is 15.9 Å². The average molecular weight is 291 g/mol. The van der Waals surface area contributed by atoms with E-state index in [1.54, 1.807) is 0 Å². The third-order valence-corrected chi connectivity index (χ3v) is 2.57. The Morgan fingerprint density at radius 2 is 1.94 bits per heavy atom. The van der Waals surface area contributed by atoms with Crippen LogP contribution in [0.25, 0.3) is 0 Å². The lowest BCUT2D eigenvalue weighted by Gasteiger charge is -2.07. The lowest BCUT2D eigenvalue weighted by Crippen LogP contribution is -2.15. The maximum absolute atomic E-state index is 12.9. The van der Waals surface area contributed by atoms with Gasteiger partial charge in [0.1, 0.15) is 5.82 Å². The molecule has 1 amide bonds. The predicted molar refractivity (Wildman–Crippen MR) is 63.1 cm³/mol. The number of carbonyl (C=O) groups excluding carboxylic acids is 1. The van der Waals surface area contributed by atoms with Crippen molar-refractivity contribution in [2.45, 2.75) is 0 Å².